The monoisotopic (exact) mass is 344 g/mol. The molecular weight excluding hydrogens is 304 g/mol. The predicted molar refractivity (Wildman–Crippen MR) is 99.8 cm³/mol. The molecule has 0 aliphatic heterocycles. The van der Waals surface area contributed by atoms with E-state index in [2.05, 4.69) is 0 Å². The van der Waals surface area contributed by atoms with Crippen molar-refractivity contribution in [3.63, 3.8) is 0 Å². The summed E-state index contributed by atoms with van der Waals surface area (Å²) in [6, 6.07) is 0. The van der Waals surface area contributed by atoms with Gasteiger partial charge in [0.25, 0.3) is 0 Å². The molecule has 0 aromatic carbocycles. The summed E-state index contributed by atoms with van der Waals surface area (Å²) in [5, 5.41) is 0. The van der Waals surface area contributed by atoms with Gasteiger partial charge in [0.15, 0.2) is 0 Å². The first-order valence-corrected chi connectivity index (χ1v) is 8.85. The normalized spacial score (nSPS) is 12.8. The van der Waals surface area contributed by atoms with Crippen molar-refractivity contribution in [2.24, 2.45) is 10.8 Å². The zero-order chi connectivity index (χ0) is 20.0. The minimum atomic E-state index is -0.372. The zero-order valence-electron chi connectivity index (χ0n) is 18.0. The molecule has 0 aliphatic carbocycles. The fourth-order valence-corrected chi connectivity index (χ4v) is 1.12. The van der Waals surface area contributed by atoms with Crippen LogP contribution in [0, 0.1) is 10.8 Å². The van der Waals surface area contributed by atoms with Gasteiger partial charge in [-0.1, -0.05) is 13.8 Å². The Morgan fingerprint density at radius 2 is 0.792 bits per heavy atom. The molecule has 0 aromatic heterocycles. The van der Waals surface area contributed by atoms with E-state index in [1.165, 1.54) is 0 Å². The molecule has 0 unspecified atom stereocenters. The van der Waals surface area contributed by atoms with Crippen LogP contribution < -0.4 is 0 Å². The number of hydrogen-bond donors (Lipinski definition) is 0. The van der Waals surface area contributed by atoms with Gasteiger partial charge < -0.3 is 9.47 Å². The van der Waals surface area contributed by atoms with Crippen molar-refractivity contribution in [2.45, 2.75) is 107 Å². The van der Waals surface area contributed by atoms with Gasteiger partial charge in [-0.15, -0.1) is 0 Å². The number of ether oxygens (including phenoxy) is 2. The third kappa shape index (κ3) is 11.5. The summed E-state index contributed by atoms with van der Waals surface area (Å²) in [6.45, 7) is 22.9. The van der Waals surface area contributed by atoms with E-state index in [1.807, 2.05) is 83.1 Å². The third-order valence-electron chi connectivity index (χ3n) is 3.67. The fourth-order valence-electron chi connectivity index (χ4n) is 1.12. The summed E-state index contributed by atoms with van der Waals surface area (Å²) in [5.74, 6) is -0.227. The van der Waals surface area contributed by atoms with Crippen LogP contribution in [0.5, 0.6) is 0 Å². The lowest BCUT2D eigenvalue weighted by Crippen LogP contribution is -2.33. The van der Waals surface area contributed by atoms with Crippen molar-refractivity contribution in [3.05, 3.63) is 0 Å². The molecule has 0 heterocycles. The molecule has 0 fully saturated rings. The second kappa shape index (κ2) is 8.87. The molecule has 0 bridgehead atoms. The molecule has 0 spiro atoms. The Morgan fingerprint density at radius 1 is 0.583 bits per heavy atom. The minimum Gasteiger partial charge on any atom is -0.460 e. The van der Waals surface area contributed by atoms with Crippen LogP contribution in [0.4, 0.5) is 0 Å². The first kappa shape index (κ1) is 25.2. The SMILES string of the molecule is CCC(C)(C)C(=O)OC(C)(C)C.CCC(C)(C)C(=O)OC(C)(C)C. The summed E-state index contributed by atoms with van der Waals surface area (Å²) in [7, 11) is 0. The van der Waals surface area contributed by atoms with Crippen LogP contribution in [-0.4, -0.2) is 23.1 Å². The second-order valence-electron chi connectivity index (χ2n) is 9.48. The lowest BCUT2D eigenvalue weighted by Gasteiger charge is -2.27. The van der Waals surface area contributed by atoms with Crippen LogP contribution in [0.25, 0.3) is 0 Å². The molecule has 0 amide bonds. The Kier molecular flexibility index (Phi) is 9.30. The van der Waals surface area contributed by atoms with Gasteiger partial charge in [0.1, 0.15) is 11.2 Å². The molecule has 0 radical (unpaired) electrons. The number of esters is 2. The third-order valence-corrected chi connectivity index (χ3v) is 3.67. The Hall–Kier alpha value is -1.06. The molecule has 0 aliphatic rings. The number of carbonyl (C=O) groups is 2. The van der Waals surface area contributed by atoms with E-state index in [0.29, 0.717) is 0 Å². The number of carbonyl (C=O) groups excluding carboxylic acids is 2. The van der Waals surface area contributed by atoms with E-state index >= 15 is 0 Å². The van der Waals surface area contributed by atoms with E-state index in [4.69, 9.17) is 9.47 Å². The van der Waals surface area contributed by atoms with Gasteiger partial charge in [-0.25, -0.2) is 0 Å². The highest BCUT2D eigenvalue weighted by atomic mass is 16.6. The quantitative estimate of drug-likeness (QED) is 0.629. The van der Waals surface area contributed by atoms with E-state index in [1.54, 1.807) is 0 Å². The minimum absolute atomic E-state index is 0.113. The lowest BCUT2D eigenvalue weighted by atomic mass is 9.90. The molecular formula is C20H40O4. The van der Waals surface area contributed by atoms with Crippen LogP contribution >= 0.6 is 0 Å². The van der Waals surface area contributed by atoms with Crippen molar-refractivity contribution in [1.29, 1.82) is 0 Å². The van der Waals surface area contributed by atoms with Gasteiger partial charge in [0.2, 0.25) is 0 Å². The maximum absolute atomic E-state index is 11.5. The molecule has 0 atom stereocenters. The second-order valence-corrected chi connectivity index (χ2v) is 9.48. The van der Waals surface area contributed by atoms with Crippen LogP contribution in [0.2, 0.25) is 0 Å². The van der Waals surface area contributed by atoms with E-state index < -0.39 is 0 Å². The topological polar surface area (TPSA) is 52.6 Å². The van der Waals surface area contributed by atoms with Gasteiger partial charge in [0, 0.05) is 0 Å². The Balaban J connectivity index is 0. The van der Waals surface area contributed by atoms with E-state index in [9.17, 15) is 9.59 Å². The van der Waals surface area contributed by atoms with Gasteiger partial charge in [-0.05, 0) is 82.1 Å². The van der Waals surface area contributed by atoms with E-state index in [0.717, 1.165) is 12.8 Å². The average molecular weight is 345 g/mol. The van der Waals surface area contributed by atoms with Crippen molar-refractivity contribution in [2.75, 3.05) is 0 Å². The summed E-state index contributed by atoms with van der Waals surface area (Å²) < 4.78 is 10.5. The first-order chi connectivity index (χ1) is 10.4. The van der Waals surface area contributed by atoms with Gasteiger partial charge in [-0.2, -0.15) is 0 Å². The van der Waals surface area contributed by atoms with Gasteiger partial charge in [0.05, 0.1) is 10.8 Å². The first-order valence-electron chi connectivity index (χ1n) is 8.85. The van der Waals surface area contributed by atoms with Crippen molar-refractivity contribution < 1.29 is 19.1 Å². The predicted octanol–water partition coefficient (Wildman–Crippen LogP) is 5.53. The fraction of sp³-hybridized carbons (Fsp3) is 0.900. The maximum atomic E-state index is 11.5. The van der Waals surface area contributed by atoms with Crippen LogP contribution in [0.3, 0.4) is 0 Å². The number of hydrogen-bond acceptors (Lipinski definition) is 4. The van der Waals surface area contributed by atoms with Gasteiger partial charge >= 0.3 is 11.9 Å². The lowest BCUT2D eigenvalue weighted by molar-refractivity contribution is -0.166. The molecule has 4 nitrogen and oxygen atoms in total. The molecule has 0 N–H and O–H groups in total. The summed E-state index contributed by atoms with van der Waals surface area (Å²) in [6.07, 6.45) is 1.61. The summed E-state index contributed by atoms with van der Waals surface area (Å²) in [5.41, 5.74) is -1.45. The molecule has 0 saturated carbocycles. The van der Waals surface area contributed by atoms with Crippen LogP contribution in [0.1, 0.15) is 95.9 Å². The average Bonchev–Trinajstić information content (AvgIpc) is 2.35. The van der Waals surface area contributed by atoms with Gasteiger partial charge in [-0.3, -0.25) is 9.59 Å². The molecule has 144 valence electrons. The highest BCUT2D eigenvalue weighted by molar-refractivity contribution is 5.76. The van der Waals surface area contributed by atoms with Crippen LogP contribution in [-0.2, 0) is 19.1 Å². The van der Waals surface area contributed by atoms with Crippen molar-refractivity contribution >= 4 is 11.9 Å². The van der Waals surface area contributed by atoms with E-state index in [-0.39, 0.29) is 34.0 Å². The number of rotatable bonds is 4. The Morgan fingerprint density at radius 3 is 0.917 bits per heavy atom. The smallest absolute Gasteiger partial charge is 0.312 e. The maximum Gasteiger partial charge on any atom is 0.312 e. The molecule has 24 heavy (non-hydrogen) atoms. The molecule has 0 aromatic rings. The molecule has 0 saturated heterocycles. The summed E-state index contributed by atoms with van der Waals surface area (Å²) in [4.78, 5) is 23.0. The highest BCUT2D eigenvalue weighted by Gasteiger charge is 2.31. The van der Waals surface area contributed by atoms with Crippen molar-refractivity contribution in [1.82, 2.24) is 0 Å². The summed E-state index contributed by atoms with van der Waals surface area (Å²) >= 11 is 0. The Labute approximate surface area is 149 Å². The Bertz CT molecular complexity index is 366. The largest absolute Gasteiger partial charge is 0.460 e. The molecule has 4 heteroatoms. The van der Waals surface area contributed by atoms with Crippen LogP contribution in [0.15, 0.2) is 0 Å². The molecule has 0 rings (SSSR count). The van der Waals surface area contributed by atoms with Crippen molar-refractivity contribution in [3.8, 4) is 0 Å². The standard InChI is InChI=1S/2C10H20O2/c2*1-7-10(5,6)8(11)12-9(2,3)4/h2*7H2,1-6H3. The highest BCUT2D eigenvalue weighted by Crippen LogP contribution is 2.25. The zero-order valence-corrected chi connectivity index (χ0v) is 18.0.